The quantitative estimate of drug-likeness (QED) is 0.857. The Morgan fingerprint density at radius 2 is 1.92 bits per heavy atom. The van der Waals surface area contributed by atoms with Crippen LogP contribution in [0.2, 0.25) is 0 Å². The number of rotatable bonds is 3. The van der Waals surface area contributed by atoms with Crippen LogP contribution in [0.3, 0.4) is 0 Å². The molecule has 1 aromatic carbocycles. The summed E-state index contributed by atoms with van der Waals surface area (Å²) < 4.78 is 14.0. The van der Waals surface area contributed by atoms with Crippen LogP contribution in [-0.4, -0.2) is 39.1 Å². The molecule has 2 heterocycles. The maximum Gasteiger partial charge on any atom is 0.368 e. The molecule has 0 spiro atoms. The first kappa shape index (κ1) is 16.7. The topological polar surface area (TPSA) is 71.2 Å². The van der Waals surface area contributed by atoms with Crippen LogP contribution in [0.15, 0.2) is 23.0 Å². The molecule has 0 aliphatic carbocycles. The predicted molar refractivity (Wildman–Crippen MR) is 89.8 cm³/mol. The fraction of sp³-hybridized carbons (Fsp3) is 0.588. The van der Waals surface area contributed by atoms with Gasteiger partial charge < -0.3 is 9.47 Å². The van der Waals surface area contributed by atoms with Crippen LogP contribution >= 0.6 is 0 Å². The normalized spacial score (nSPS) is 16.3. The molecule has 0 saturated carbocycles. The number of aryl methyl sites for hydroxylation is 1. The van der Waals surface area contributed by atoms with Gasteiger partial charge in [0.05, 0.1) is 13.2 Å². The van der Waals surface area contributed by atoms with Gasteiger partial charge in [-0.15, -0.1) is 0 Å². The highest BCUT2D eigenvalue weighted by atomic mass is 16.5. The van der Waals surface area contributed by atoms with Gasteiger partial charge in [0.2, 0.25) is 0 Å². The van der Waals surface area contributed by atoms with E-state index in [-0.39, 0.29) is 17.2 Å². The lowest BCUT2D eigenvalue weighted by Gasteiger charge is -2.26. The van der Waals surface area contributed by atoms with Crippen LogP contribution in [0.25, 0.3) is 5.69 Å². The van der Waals surface area contributed by atoms with Gasteiger partial charge >= 0.3 is 5.69 Å². The Labute approximate surface area is 141 Å². The van der Waals surface area contributed by atoms with E-state index in [1.54, 1.807) is 7.05 Å². The smallest absolute Gasteiger partial charge is 0.368 e. The minimum absolute atomic E-state index is 0.0439. The third kappa shape index (κ3) is 3.36. The second-order valence-electron chi connectivity index (χ2n) is 7.16. The molecule has 2 aromatic rings. The summed E-state index contributed by atoms with van der Waals surface area (Å²) in [5.74, 6) is 0.650. The number of benzene rings is 1. The van der Waals surface area contributed by atoms with Crippen LogP contribution in [0, 0.1) is 0 Å². The van der Waals surface area contributed by atoms with Crippen molar-refractivity contribution in [1.29, 1.82) is 0 Å². The highest BCUT2D eigenvalue weighted by Crippen LogP contribution is 2.31. The highest BCUT2D eigenvalue weighted by Gasteiger charge is 2.22. The van der Waals surface area contributed by atoms with E-state index in [1.165, 1.54) is 9.36 Å². The zero-order valence-corrected chi connectivity index (χ0v) is 14.7. The lowest BCUT2D eigenvalue weighted by atomic mass is 9.87. The van der Waals surface area contributed by atoms with Gasteiger partial charge in [0.1, 0.15) is 17.5 Å². The van der Waals surface area contributed by atoms with Crippen molar-refractivity contribution in [3.8, 4) is 11.4 Å². The van der Waals surface area contributed by atoms with Crippen molar-refractivity contribution >= 4 is 0 Å². The van der Waals surface area contributed by atoms with Gasteiger partial charge in [-0.2, -0.15) is 9.36 Å². The van der Waals surface area contributed by atoms with Crippen molar-refractivity contribution in [3.05, 3.63) is 34.2 Å². The van der Waals surface area contributed by atoms with Crippen molar-refractivity contribution in [3.63, 3.8) is 0 Å². The standard InChI is InChI=1S/C17H24N4O3/c1-17(2,3)12-5-6-15(24-13-7-9-23-10-8-13)14(11-12)21-16(22)20(4)18-19-21/h5-6,11,13H,7-10H2,1-4H3. The van der Waals surface area contributed by atoms with E-state index >= 15 is 0 Å². The molecule has 7 nitrogen and oxygen atoms in total. The first-order valence-electron chi connectivity index (χ1n) is 8.24. The lowest BCUT2D eigenvalue weighted by molar-refractivity contribution is 0.0255. The molecule has 0 bridgehead atoms. The molecule has 1 aliphatic rings. The number of aromatic nitrogens is 4. The zero-order chi connectivity index (χ0) is 17.3. The second kappa shape index (κ2) is 6.39. The van der Waals surface area contributed by atoms with Crippen LogP contribution < -0.4 is 10.4 Å². The van der Waals surface area contributed by atoms with E-state index in [1.807, 2.05) is 18.2 Å². The summed E-state index contributed by atoms with van der Waals surface area (Å²) >= 11 is 0. The summed E-state index contributed by atoms with van der Waals surface area (Å²) in [5.41, 5.74) is 1.40. The van der Waals surface area contributed by atoms with E-state index in [0.717, 1.165) is 18.4 Å². The van der Waals surface area contributed by atoms with Gasteiger partial charge in [-0.05, 0) is 33.5 Å². The van der Waals surface area contributed by atoms with Gasteiger partial charge in [0, 0.05) is 19.9 Å². The van der Waals surface area contributed by atoms with Crippen LogP contribution in [0.4, 0.5) is 0 Å². The number of hydrogen-bond acceptors (Lipinski definition) is 5. The third-order valence-corrected chi connectivity index (χ3v) is 4.24. The first-order chi connectivity index (χ1) is 11.4. The fourth-order valence-corrected chi connectivity index (χ4v) is 2.69. The SMILES string of the molecule is Cn1nnn(-c2cc(C(C)(C)C)ccc2OC2CCOCC2)c1=O. The van der Waals surface area contributed by atoms with Gasteiger partial charge in [-0.3, -0.25) is 0 Å². The fourth-order valence-electron chi connectivity index (χ4n) is 2.69. The summed E-state index contributed by atoms with van der Waals surface area (Å²) in [6, 6.07) is 5.93. The molecule has 24 heavy (non-hydrogen) atoms. The van der Waals surface area contributed by atoms with Crippen molar-refractivity contribution in [2.24, 2.45) is 7.05 Å². The van der Waals surface area contributed by atoms with Gasteiger partial charge in [0.15, 0.2) is 0 Å². The molecular weight excluding hydrogens is 308 g/mol. The second-order valence-corrected chi connectivity index (χ2v) is 7.16. The molecule has 130 valence electrons. The van der Waals surface area contributed by atoms with Crippen molar-refractivity contribution in [2.45, 2.75) is 45.1 Å². The predicted octanol–water partition coefficient (Wildman–Crippen LogP) is 1.82. The van der Waals surface area contributed by atoms with E-state index in [2.05, 4.69) is 31.2 Å². The van der Waals surface area contributed by atoms with E-state index in [0.29, 0.717) is 24.7 Å². The first-order valence-corrected chi connectivity index (χ1v) is 8.24. The van der Waals surface area contributed by atoms with Crippen LogP contribution in [0.5, 0.6) is 5.75 Å². The Morgan fingerprint density at radius 3 is 2.50 bits per heavy atom. The minimum atomic E-state index is -0.294. The number of hydrogen-bond donors (Lipinski definition) is 0. The maximum atomic E-state index is 12.3. The van der Waals surface area contributed by atoms with E-state index in [9.17, 15) is 4.79 Å². The molecule has 0 radical (unpaired) electrons. The monoisotopic (exact) mass is 332 g/mol. The molecule has 0 atom stereocenters. The molecule has 1 saturated heterocycles. The Kier molecular flexibility index (Phi) is 4.45. The van der Waals surface area contributed by atoms with Gasteiger partial charge in [0.25, 0.3) is 0 Å². The highest BCUT2D eigenvalue weighted by molar-refractivity contribution is 5.49. The van der Waals surface area contributed by atoms with Crippen molar-refractivity contribution in [1.82, 2.24) is 19.8 Å². The molecule has 0 amide bonds. The van der Waals surface area contributed by atoms with Gasteiger partial charge in [-0.25, -0.2) is 4.79 Å². The number of ether oxygens (including phenoxy) is 2. The van der Waals surface area contributed by atoms with E-state index < -0.39 is 0 Å². The molecule has 1 aliphatic heterocycles. The number of tetrazole rings is 1. The maximum absolute atomic E-state index is 12.3. The molecule has 1 aromatic heterocycles. The minimum Gasteiger partial charge on any atom is -0.488 e. The molecule has 1 fully saturated rings. The van der Waals surface area contributed by atoms with E-state index in [4.69, 9.17) is 9.47 Å². The van der Waals surface area contributed by atoms with Crippen LogP contribution in [-0.2, 0) is 17.2 Å². The lowest BCUT2D eigenvalue weighted by Crippen LogP contribution is -2.28. The zero-order valence-electron chi connectivity index (χ0n) is 14.7. The number of nitrogens with zero attached hydrogens (tertiary/aromatic N) is 4. The Bertz CT molecular complexity index is 767. The van der Waals surface area contributed by atoms with Crippen molar-refractivity contribution in [2.75, 3.05) is 13.2 Å². The summed E-state index contributed by atoms with van der Waals surface area (Å²) in [5, 5.41) is 7.79. The molecule has 3 rings (SSSR count). The average molecular weight is 332 g/mol. The van der Waals surface area contributed by atoms with Crippen molar-refractivity contribution < 1.29 is 9.47 Å². The summed E-state index contributed by atoms with van der Waals surface area (Å²) in [7, 11) is 1.58. The Morgan fingerprint density at radius 1 is 1.21 bits per heavy atom. The summed E-state index contributed by atoms with van der Waals surface area (Å²) in [4.78, 5) is 12.3. The Balaban J connectivity index is 2.04. The average Bonchev–Trinajstić information content (AvgIpc) is 2.87. The Hall–Kier alpha value is -2.15. The molecule has 0 N–H and O–H groups in total. The third-order valence-electron chi connectivity index (χ3n) is 4.24. The van der Waals surface area contributed by atoms with Crippen LogP contribution in [0.1, 0.15) is 39.2 Å². The van der Waals surface area contributed by atoms with Gasteiger partial charge in [-0.1, -0.05) is 26.8 Å². The summed E-state index contributed by atoms with van der Waals surface area (Å²) in [6.07, 6.45) is 1.77. The molecule has 7 heteroatoms. The molecular formula is C17H24N4O3. The molecule has 0 unspecified atom stereocenters. The largest absolute Gasteiger partial charge is 0.488 e. The summed E-state index contributed by atoms with van der Waals surface area (Å²) in [6.45, 7) is 7.79.